The highest BCUT2D eigenvalue weighted by atomic mass is 32.2. The highest BCUT2D eigenvalue weighted by molar-refractivity contribution is 7.85. The van der Waals surface area contributed by atoms with Gasteiger partial charge < -0.3 is 15.5 Å². The van der Waals surface area contributed by atoms with Crippen LogP contribution in [-0.4, -0.2) is 53.1 Å². The van der Waals surface area contributed by atoms with Crippen molar-refractivity contribution in [2.24, 2.45) is 0 Å². The molecule has 7 nitrogen and oxygen atoms in total. The van der Waals surface area contributed by atoms with Gasteiger partial charge in [-0.2, -0.15) is 8.42 Å². The van der Waals surface area contributed by atoms with Crippen LogP contribution in [0.15, 0.2) is 0 Å². The van der Waals surface area contributed by atoms with Gasteiger partial charge in [-0.15, -0.1) is 0 Å². The van der Waals surface area contributed by atoms with E-state index >= 15 is 0 Å². The maximum absolute atomic E-state index is 12.5. The molecule has 0 aliphatic heterocycles. The topological polar surface area (TPSA) is 124 Å². The van der Waals surface area contributed by atoms with Crippen LogP contribution in [0.2, 0.25) is 0 Å². The molecule has 0 spiro atoms. The zero-order chi connectivity index (χ0) is 31.3. The van der Waals surface area contributed by atoms with Gasteiger partial charge in [0, 0.05) is 0 Å². The zero-order valence-corrected chi connectivity index (χ0v) is 28.3. The van der Waals surface area contributed by atoms with Crippen molar-refractivity contribution >= 4 is 16.0 Å². The Balaban J connectivity index is 4.02. The van der Waals surface area contributed by atoms with E-state index in [1.807, 2.05) is 0 Å². The number of nitrogens with one attached hydrogen (secondary N) is 1. The molecule has 3 unspecified atom stereocenters. The molecule has 8 heteroatoms. The van der Waals surface area contributed by atoms with Gasteiger partial charge in [0.1, 0.15) is 6.10 Å². The van der Waals surface area contributed by atoms with Crippen LogP contribution in [0.4, 0.5) is 0 Å². The number of carbonyl (C=O) groups is 1. The van der Waals surface area contributed by atoms with Crippen molar-refractivity contribution < 1.29 is 28.0 Å². The van der Waals surface area contributed by atoms with Crippen molar-refractivity contribution in [1.29, 1.82) is 0 Å². The summed E-state index contributed by atoms with van der Waals surface area (Å²) in [6.45, 7) is 4.46. The fourth-order valence-corrected chi connectivity index (χ4v) is 6.40. The third-order valence-corrected chi connectivity index (χ3v) is 9.20. The molecule has 0 radical (unpaired) electrons. The van der Waals surface area contributed by atoms with Crippen molar-refractivity contribution in [1.82, 2.24) is 5.32 Å². The molecule has 0 saturated carbocycles. The van der Waals surface area contributed by atoms with Crippen LogP contribution in [0, 0.1) is 0 Å². The van der Waals surface area contributed by atoms with Gasteiger partial charge in [0.15, 0.2) is 0 Å². The number of unbranched alkanes of at least 4 members (excludes halogenated alkanes) is 23. The summed E-state index contributed by atoms with van der Waals surface area (Å²) < 4.78 is 32.4. The van der Waals surface area contributed by atoms with Gasteiger partial charge in [-0.25, -0.2) is 0 Å². The van der Waals surface area contributed by atoms with Crippen molar-refractivity contribution in [3.63, 3.8) is 0 Å². The van der Waals surface area contributed by atoms with Crippen molar-refractivity contribution in [2.75, 3.05) is 5.75 Å². The quantitative estimate of drug-likeness (QED) is 0.0441. The van der Waals surface area contributed by atoms with Crippen LogP contribution in [0.1, 0.15) is 187 Å². The SMILES string of the molecule is CCCCCCCCCCCCCCCCCCC(O)C(CS(=O)(=O)O)NC(=O)C(O)CCCCCCCCCCC. The van der Waals surface area contributed by atoms with E-state index < -0.39 is 40.0 Å². The van der Waals surface area contributed by atoms with Gasteiger partial charge in [0.05, 0.1) is 17.9 Å². The normalized spacial score (nSPS) is 14.1. The Morgan fingerprint density at radius 1 is 0.548 bits per heavy atom. The first-order chi connectivity index (χ1) is 20.2. The minimum Gasteiger partial charge on any atom is -0.391 e. The number of aliphatic hydroxyl groups excluding tert-OH is 2. The predicted octanol–water partition coefficient (Wildman–Crippen LogP) is 8.65. The van der Waals surface area contributed by atoms with Gasteiger partial charge in [-0.1, -0.05) is 174 Å². The summed E-state index contributed by atoms with van der Waals surface area (Å²) in [6, 6.07) is -1.14. The first kappa shape index (κ1) is 41.3. The van der Waals surface area contributed by atoms with Gasteiger partial charge in [-0.3, -0.25) is 9.35 Å². The molecule has 3 atom stereocenters. The first-order valence-corrected chi connectivity index (χ1v) is 19.4. The second kappa shape index (κ2) is 29.0. The molecule has 0 fully saturated rings. The third-order valence-electron chi connectivity index (χ3n) is 8.42. The molecule has 42 heavy (non-hydrogen) atoms. The van der Waals surface area contributed by atoms with Gasteiger partial charge in [-0.05, 0) is 12.8 Å². The summed E-state index contributed by atoms with van der Waals surface area (Å²) in [4.78, 5) is 12.5. The maximum atomic E-state index is 12.5. The van der Waals surface area contributed by atoms with Crippen molar-refractivity contribution in [3.8, 4) is 0 Å². The molecule has 0 saturated heterocycles. The molecule has 0 aromatic carbocycles. The highest BCUT2D eigenvalue weighted by Gasteiger charge is 2.28. The fraction of sp³-hybridized carbons (Fsp3) is 0.971. The lowest BCUT2D eigenvalue weighted by Crippen LogP contribution is -2.50. The van der Waals surface area contributed by atoms with Crippen LogP contribution in [-0.2, 0) is 14.9 Å². The van der Waals surface area contributed by atoms with Crippen LogP contribution in [0.25, 0.3) is 0 Å². The van der Waals surface area contributed by atoms with Crippen LogP contribution < -0.4 is 5.32 Å². The smallest absolute Gasteiger partial charge is 0.266 e. The Hall–Kier alpha value is -0.700. The van der Waals surface area contributed by atoms with E-state index in [0.717, 1.165) is 44.9 Å². The molecule has 0 rings (SSSR count). The molecule has 0 bridgehead atoms. The molecule has 0 aliphatic rings. The summed E-state index contributed by atoms with van der Waals surface area (Å²) in [5.41, 5.74) is 0. The number of rotatable bonds is 32. The average Bonchev–Trinajstić information content (AvgIpc) is 2.94. The Morgan fingerprint density at radius 2 is 0.857 bits per heavy atom. The average molecular weight is 620 g/mol. The van der Waals surface area contributed by atoms with E-state index in [0.29, 0.717) is 19.3 Å². The van der Waals surface area contributed by atoms with Crippen LogP contribution >= 0.6 is 0 Å². The van der Waals surface area contributed by atoms with Gasteiger partial charge >= 0.3 is 0 Å². The molecule has 0 heterocycles. The predicted molar refractivity (Wildman–Crippen MR) is 176 cm³/mol. The van der Waals surface area contributed by atoms with E-state index in [9.17, 15) is 28.0 Å². The lowest BCUT2D eigenvalue weighted by Gasteiger charge is -2.24. The first-order valence-electron chi connectivity index (χ1n) is 17.8. The summed E-state index contributed by atoms with van der Waals surface area (Å²) in [6.07, 6.45) is 28.4. The molecule has 0 aromatic heterocycles. The van der Waals surface area contributed by atoms with Crippen molar-refractivity contribution in [3.05, 3.63) is 0 Å². The van der Waals surface area contributed by atoms with E-state index in [-0.39, 0.29) is 0 Å². The Bertz CT molecular complexity index is 702. The van der Waals surface area contributed by atoms with Crippen molar-refractivity contribution in [2.45, 2.75) is 205 Å². The number of hydrogen-bond donors (Lipinski definition) is 4. The number of hydrogen-bond acceptors (Lipinski definition) is 5. The number of amides is 1. The maximum Gasteiger partial charge on any atom is 0.266 e. The molecule has 4 N–H and O–H groups in total. The van der Waals surface area contributed by atoms with E-state index in [1.165, 1.54) is 109 Å². The Labute approximate surface area is 260 Å². The van der Waals surface area contributed by atoms with Crippen LogP contribution in [0.3, 0.4) is 0 Å². The largest absolute Gasteiger partial charge is 0.391 e. The summed E-state index contributed by atoms with van der Waals surface area (Å²) in [5.74, 6) is -1.45. The van der Waals surface area contributed by atoms with E-state index in [4.69, 9.17) is 0 Å². The number of aliphatic hydroxyl groups is 2. The molecule has 1 amide bonds. The lowest BCUT2D eigenvalue weighted by molar-refractivity contribution is -0.131. The molecule has 0 aliphatic carbocycles. The second-order valence-electron chi connectivity index (χ2n) is 12.7. The Morgan fingerprint density at radius 3 is 1.19 bits per heavy atom. The summed E-state index contributed by atoms with van der Waals surface area (Å²) in [5, 5.41) is 23.3. The molecule has 0 aromatic rings. The van der Waals surface area contributed by atoms with Gasteiger partial charge in [0.25, 0.3) is 10.1 Å². The zero-order valence-electron chi connectivity index (χ0n) is 27.5. The second-order valence-corrected chi connectivity index (χ2v) is 14.2. The Kier molecular flexibility index (Phi) is 28.6. The highest BCUT2D eigenvalue weighted by Crippen LogP contribution is 2.16. The minimum absolute atomic E-state index is 0.301. The molecular weight excluding hydrogens is 550 g/mol. The molecular formula is C34H69NO6S. The van der Waals surface area contributed by atoms with Crippen LogP contribution in [0.5, 0.6) is 0 Å². The minimum atomic E-state index is -4.39. The van der Waals surface area contributed by atoms with E-state index in [1.54, 1.807) is 0 Å². The summed E-state index contributed by atoms with van der Waals surface area (Å²) in [7, 11) is -4.39. The van der Waals surface area contributed by atoms with Gasteiger partial charge in [0.2, 0.25) is 5.91 Å². The standard InChI is InChI=1S/C34H69NO6S/c1-3-5-7-9-11-13-14-15-16-17-18-19-21-22-24-26-28-32(36)31(30-42(39,40)41)35-34(38)33(37)29-27-25-23-20-12-10-8-6-4-2/h31-33,36-37H,3-30H2,1-2H3,(H,35,38)(H,39,40,41). The molecule has 252 valence electrons. The lowest BCUT2D eigenvalue weighted by atomic mass is 10.0. The number of carbonyl (C=O) groups excluding carboxylic acids is 1. The summed E-state index contributed by atoms with van der Waals surface area (Å²) >= 11 is 0. The third kappa shape index (κ3) is 28.1. The van der Waals surface area contributed by atoms with E-state index in [2.05, 4.69) is 19.2 Å². The fourth-order valence-electron chi connectivity index (χ4n) is 5.64. The monoisotopic (exact) mass is 619 g/mol.